The summed E-state index contributed by atoms with van der Waals surface area (Å²) in [6.45, 7) is 6.06. The number of carbonyl (C=O) groups is 1. The summed E-state index contributed by atoms with van der Waals surface area (Å²) in [5, 5.41) is 0. The Bertz CT molecular complexity index is 664. The molecule has 0 bridgehead atoms. The van der Waals surface area contributed by atoms with E-state index in [1.807, 2.05) is 51.2 Å². The highest BCUT2D eigenvalue weighted by Gasteiger charge is 2.15. The van der Waals surface area contributed by atoms with E-state index in [2.05, 4.69) is 28.9 Å². The molecular formula is C17H18BrNO. The molecule has 2 aromatic rings. The third kappa shape index (κ3) is 2.93. The van der Waals surface area contributed by atoms with E-state index < -0.39 is 0 Å². The van der Waals surface area contributed by atoms with Gasteiger partial charge in [0.25, 0.3) is 5.91 Å². The average Bonchev–Trinajstić information content (AvgIpc) is 2.40. The lowest BCUT2D eigenvalue weighted by atomic mass is 10.1. The molecular weight excluding hydrogens is 314 g/mol. The van der Waals surface area contributed by atoms with Gasteiger partial charge in [-0.25, -0.2) is 0 Å². The molecule has 2 rings (SSSR count). The second-order valence-electron chi connectivity index (χ2n) is 5.12. The maximum absolute atomic E-state index is 12.6. The number of amides is 1. The van der Waals surface area contributed by atoms with Gasteiger partial charge in [-0.1, -0.05) is 33.6 Å². The lowest BCUT2D eigenvalue weighted by Gasteiger charge is -2.20. The van der Waals surface area contributed by atoms with Gasteiger partial charge < -0.3 is 4.90 Å². The Hall–Kier alpha value is -1.61. The first-order valence-electron chi connectivity index (χ1n) is 6.51. The zero-order valence-electron chi connectivity index (χ0n) is 12.2. The minimum Gasteiger partial charge on any atom is -0.311 e. The molecule has 0 aliphatic heterocycles. The minimum atomic E-state index is 0.00699. The van der Waals surface area contributed by atoms with Crippen LogP contribution in [0.2, 0.25) is 0 Å². The summed E-state index contributed by atoms with van der Waals surface area (Å²) < 4.78 is 1.02. The van der Waals surface area contributed by atoms with Crippen LogP contribution in [0.3, 0.4) is 0 Å². The van der Waals surface area contributed by atoms with E-state index in [1.54, 1.807) is 4.90 Å². The first-order valence-corrected chi connectivity index (χ1v) is 7.31. The second kappa shape index (κ2) is 5.80. The number of hydrogen-bond acceptors (Lipinski definition) is 1. The van der Waals surface area contributed by atoms with E-state index in [0.29, 0.717) is 5.56 Å². The lowest BCUT2D eigenvalue weighted by molar-refractivity contribution is 0.0992. The van der Waals surface area contributed by atoms with Gasteiger partial charge in [-0.05, 0) is 56.2 Å². The Labute approximate surface area is 128 Å². The summed E-state index contributed by atoms with van der Waals surface area (Å²) in [6, 6.07) is 11.8. The Morgan fingerprint density at radius 1 is 1.00 bits per heavy atom. The van der Waals surface area contributed by atoms with Gasteiger partial charge in [-0.15, -0.1) is 0 Å². The minimum absolute atomic E-state index is 0.00699. The summed E-state index contributed by atoms with van der Waals surface area (Å²) in [6.07, 6.45) is 0. The van der Waals surface area contributed by atoms with Gasteiger partial charge >= 0.3 is 0 Å². The zero-order valence-corrected chi connectivity index (χ0v) is 13.8. The van der Waals surface area contributed by atoms with Crippen LogP contribution in [0.1, 0.15) is 27.0 Å². The third-order valence-corrected chi connectivity index (χ3v) is 4.31. The third-order valence-electron chi connectivity index (χ3n) is 3.42. The molecule has 3 heteroatoms. The van der Waals surface area contributed by atoms with Gasteiger partial charge in [0.2, 0.25) is 0 Å². The molecule has 104 valence electrons. The predicted molar refractivity (Wildman–Crippen MR) is 87.5 cm³/mol. The molecule has 0 N–H and O–H groups in total. The van der Waals surface area contributed by atoms with Gasteiger partial charge in [0.1, 0.15) is 0 Å². The number of halogens is 1. The maximum atomic E-state index is 12.6. The smallest absolute Gasteiger partial charge is 0.258 e. The summed E-state index contributed by atoms with van der Waals surface area (Å²) in [5.41, 5.74) is 5.01. The predicted octanol–water partition coefficient (Wildman–Crippen LogP) is 4.65. The summed E-state index contributed by atoms with van der Waals surface area (Å²) >= 11 is 3.46. The highest BCUT2D eigenvalue weighted by molar-refractivity contribution is 9.10. The van der Waals surface area contributed by atoms with Gasteiger partial charge in [0, 0.05) is 22.8 Å². The molecule has 0 saturated carbocycles. The van der Waals surface area contributed by atoms with Crippen LogP contribution < -0.4 is 4.90 Å². The molecule has 1 amide bonds. The van der Waals surface area contributed by atoms with E-state index in [9.17, 15) is 4.79 Å². The molecule has 0 fully saturated rings. The first kappa shape index (κ1) is 14.8. The molecule has 20 heavy (non-hydrogen) atoms. The summed E-state index contributed by atoms with van der Waals surface area (Å²) in [4.78, 5) is 14.3. The molecule has 0 atom stereocenters. The van der Waals surface area contributed by atoms with Crippen molar-refractivity contribution in [1.82, 2.24) is 0 Å². The van der Waals surface area contributed by atoms with Crippen LogP contribution in [0.15, 0.2) is 40.9 Å². The van der Waals surface area contributed by atoms with E-state index in [-0.39, 0.29) is 5.91 Å². The number of benzene rings is 2. The van der Waals surface area contributed by atoms with Crippen LogP contribution in [0.5, 0.6) is 0 Å². The van der Waals surface area contributed by atoms with Gasteiger partial charge in [0.05, 0.1) is 0 Å². The average molecular weight is 332 g/mol. The molecule has 0 saturated heterocycles. The number of carbonyl (C=O) groups excluding carboxylic acids is 1. The van der Waals surface area contributed by atoms with Crippen molar-refractivity contribution < 1.29 is 4.79 Å². The van der Waals surface area contributed by atoms with Crippen LogP contribution >= 0.6 is 15.9 Å². The molecule has 0 radical (unpaired) electrons. The van der Waals surface area contributed by atoms with Crippen molar-refractivity contribution in [3.8, 4) is 0 Å². The lowest BCUT2D eigenvalue weighted by Crippen LogP contribution is -2.27. The van der Waals surface area contributed by atoms with E-state index >= 15 is 0 Å². The molecule has 0 aliphatic rings. The van der Waals surface area contributed by atoms with Crippen molar-refractivity contribution in [1.29, 1.82) is 0 Å². The number of hydrogen-bond donors (Lipinski definition) is 0. The van der Waals surface area contributed by atoms with E-state index in [4.69, 9.17) is 0 Å². The molecule has 0 aromatic heterocycles. The van der Waals surface area contributed by atoms with Crippen molar-refractivity contribution in [2.24, 2.45) is 0 Å². The van der Waals surface area contributed by atoms with Crippen molar-refractivity contribution in [3.05, 3.63) is 63.1 Å². The molecule has 0 spiro atoms. The SMILES string of the molecule is Cc1ccc(N(C)C(=O)c2ccc(Br)c(C)c2)c(C)c1. The molecule has 2 nitrogen and oxygen atoms in total. The molecule has 0 aliphatic carbocycles. The van der Waals surface area contributed by atoms with E-state index in [0.717, 1.165) is 21.3 Å². The number of aryl methyl sites for hydroxylation is 3. The van der Waals surface area contributed by atoms with Gasteiger partial charge in [-0.2, -0.15) is 0 Å². The van der Waals surface area contributed by atoms with Crippen LogP contribution in [-0.2, 0) is 0 Å². The Balaban J connectivity index is 2.34. The number of nitrogens with zero attached hydrogens (tertiary/aromatic N) is 1. The van der Waals surface area contributed by atoms with Crippen LogP contribution in [-0.4, -0.2) is 13.0 Å². The fourth-order valence-corrected chi connectivity index (χ4v) is 2.51. The topological polar surface area (TPSA) is 20.3 Å². The Morgan fingerprint density at radius 3 is 2.30 bits per heavy atom. The van der Waals surface area contributed by atoms with E-state index in [1.165, 1.54) is 5.56 Å². The first-order chi connectivity index (χ1) is 9.40. The maximum Gasteiger partial charge on any atom is 0.258 e. The second-order valence-corrected chi connectivity index (χ2v) is 5.97. The highest BCUT2D eigenvalue weighted by atomic mass is 79.9. The van der Waals surface area contributed by atoms with Crippen molar-refractivity contribution >= 4 is 27.5 Å². The molecule has 2 aromatic carbocycles. The van der Waals surface area contributed by atoms with Crippen molar-refractivity contribution in [2.75, 3.05) is 11.9 Å². The van der Waals surface area contributed by atoms with Crippen LogP contribution in [0, 0.1) is 20.8 Å². The standard InChI is InChI=1S/C17H18BrNO/c1-11-5-8-16(13(3)9-11)19(4)17(20)14-6-7-15(18)12(2)10-14/h5-10H,1-4H3. The number of rotatable bonds is 2. The highest BCUT2D eigenvalue weighted by Crippen LogP contribution is 2.23. The Morgan fingerprint density at radius 2 is 1.70 bits per heavy atom. The zero-order chi connectivity index (χ0) is 14.9. The Kier molecular flexibility index (Phi) is 4.29. The van der Waals surface area contributed by atoms with Crippen LogP contribution in [0.25, 0.3) is 0 Å². The van der Waals surface area contributed by atoms with Gasteiger partial charge in [0.15, 0.2) is 0 Å². The fourth-order valence-electron chi connectivity index (χ4n) is 2.26. The monoisotopic (exact) mass is 331 g/mol. The molecule has 0 unspecified atom stereocenters. The summed E-state index contributed by atoms with van der Waals surface area (Å²) in [7, 11) is 1.82. The normalized spacial score (nSPS) is 10.4. The quantitative estimate of drug-likeness (QED) is 0.784. The fraction of sp³-hybridized carbons (Fsp3) is 0.235. The van der Waals surface area contributed by atoms with Crippen LogP contribution in [0.4, 0.5) is 5.69 Å². The van der Waals surface area contributed by atoms with Gasteiger partial charge in [-0.3, -0.25) is 4.79 Å². The van der Waals surface area contributed by atoms with Crippen molar-refractivity contribution in [2.45, 2.75) is 20.8 Å². The largest absolute Gasteiger partial charge is 0.311 e. The van der Waals surface area contributed by atoms with Crippen molar-refractivity contribution in [3.63, 3.8) is 0 Å². The molecule has 0 heterocycles. The summed E-state index contributed by atoms with van der Waals surface area (Å²) in [5.74, 6) is 0.00699. The number of anilines is 1.